The van der Waals surface area contributed by atoms with E-state index >= 15 is 0 Å². The molecule has 0 radical (unpaired) electrons. The smallest absolute Gasteiger partial charge is 0.268 e. The number of carbonyl (C=O) groups excluding carboxylic acids is 1. The molecule has 0 spiro atoms. The number of nitrogens with one attached hydrogen (secondary N) is 1. The fourth-order valence-corrected chi connectivity index (χ4v) is 1.30. The first-order chi connectivity index (χ1) is 7.44. The van der Waals surface area contributed by atoms with Gasteiger partial charge in [0.15, 0.2) is 0 Å². The molecule has 0 fully saturated rings. The summed E-state index contributed by atoms with van der Waals surface area (Å²) in [5, 5.41) is 0. The SMILES string of the molecule is CCc1ccccc1C(=O)NOC(C)(C)C. The lowest BCUT2D eigenvalue weighted by Crippen LogP contribution is -2.33. The molecule has 1 amide bonds. The summed E-state index contributed by atoms with van der Waals surface area (Å²) in [5.74, 6) is -0.188. The van der Waals surface area contributed by atoms with Crippen LogP contribution in [0.4, 0.5) is 0 Å². The summed E-state index contributed by atoms with van der Waals surface area (Å²) in [6, 6.07) is 7.54. The van der Waals surface area contributed by atoms with Gasteiger partial charge in [0.2, 0.25) is 0 Å². The number of hydrogen-bond donors (Lipinski definition) is 1. The van der Waals surface area contributed by atoms with Crippen molar-refractivity contribution in [2.45, 2.75) is 39.7 Å². The highest BCUT2D eigenvalue weighted by Crippen LogP contribution is 2.10. The predicted molar refractivity (Wildman–Crippen MR) is 64.1 cm³/mol. The summed E-state index contributed by atoms with van der Waals surface area (Å²) >= 11 is 0. The van der Waals surface area contributed by atoms with Gasteiger partial charge in [-0.15, -0.1) is 0 Å². The molecule has 1 aromatic rings. The van der Waals surface area contributed by atoms with Crippen LogP contribution in [-0.4, -0.2) is 11.5 Å². The van der Waals surface area contributed by atoms with Crippen LogP contribution in [0.5, 0.6) is 0 Å². The third kappa shape index (κ3) is 3.66. The van der Waals surface area contributed by atoms with Gasteiger partial charge in [-0.2, -0.15) is 0 Å². The Hall–Kier alpha value is -1.35. The second-order valence-electron chi connectivity index (χ2n) is 4.66. The first kappa shape index (κ1) is 12.7. The molecule has 3 heteroatoms. The molecule has 0 atom stereocenters. The fourth-order valence-electron chi connectivity index (χ4n) is 1.30. The zero-order valence-electron chi connectivity index (χ0n) is 10.3. The lowest BCUT2D eigenvalue weighted by Gasteiger charge is -2.19. The Kier molecular flexibility index (Phi) is 4.07. The normalized spacial score (nSPS) is 11.2. The summed E-state index contributed by atoms with van der Waals surface area (Å²) < 4.78 is 0. The topological polar surface area (TPSA) is 38.3 Å². The maximum Gasteiger partial charge on any atom is 0.275 e. The van der Waals surface area contributed by atoms with Crippen molar-refractivity contribution < 1.29 is 9.63 Å². The van der Waals surface area contributed by atoms with Crippen LogP contribution in [0.15, 0.2) is 24.3 Å². The van der Waals surface area contributed by atoms with E-state index in [9.17, 15) is 4.79 Å². The number of aryl methyl sites for hydroxylation is 1. The molecular formula is C13H19NO2. The zero-order valence-corrected chi connectivity index (χ0v) is 10.3. The molecule has 0 aliphatic carbocycles. The predicted octanol–water partition coefficient (Wildman–Crippen LogP) is 2.71. The van der Waals surface area contributed by atoms with Gasteiger partial charge in [0, 0.05) is 5.56 Å². The Balaban J connectivity index is 2.73. The minimum atomic E-state index is -0.378. The molecule has 3 nitrogen and oxygen atoms in total. The number of hydroxylamine groups is 1. The van der Waals surface area contributed by atoms with Crippen molar-refractivity contribution in [3.05, 3.63) is 35.4 Å². The molecule has 0 aliphatic heterocycles. The zero-order chi connectivity index (χ0) is 12.2. The highest BCUT2D eigenvalue weighted by atomic mass is 16.7. The molecule has 0 unspecified atom stereocenters. The second-order valence-corrected chi connectivity index (χ2v) is 4.66. The lowest BCUT2D eigenvalue weighted by atomic mass is 10.1. The van der Waals surface area contributed by atoms with E-state index in [4.69, 9.17) is 4.84 Å². The van der Waals surface area contributed by atoms with Crippen molar-refractivity contribution in [2.24, 2.45) is 0 Å². The summed E-state index contributed by atoms with van der Waals surface area (Å²) in [7, 11) is 0. The lowest BCUT2D eigenvalue weighted by molar-refractivity contribution is -0.0590. The third-order valence-electron chi connectivity index (χ3n) is 2.09. The van der Waals surface area contributed by atoms with Crippen molar-refractivity contribution >= 4 is 5.91 Å². The van der Waals surface area contributed by atoms with Crippen LogP contribution in [0.25, 0.3) is 0 Å². The summed E-state index contributed by atoms with van der Waals surface area (Å²) in [4.78, 5) is 17.1. The maximum absolute atomic E-state index is 11.8. The van der Waals surface area contributed by atoms with Crippen LogP contribution >= 0.6 is 0 Å². The highest BCUT2D eigenvalue weighted by molar-refractivity contribution is 5.94. The van der Waals surface area contributed by atoms with E-state index in [-0.39, 0.29) is 11.5 Å². The van der Waals surface area contributed by atoms with Gasteiger partial charge in [0.05, 0.1) is 5.60 Å². The number of carbonyl (C=O) groups is 1. The summed E-state index contributed by atoms with van der Waals surface area (Å²) in [6.45, 7) is 7.69. The van der Waals surface area contributed by atoms with Crippen molar-refractivity contribution in [3.63, 3.8) is 0 Å². The van der Waals surface area contributed by atoms with Crippen LogP contribution in [0.2, 0.25) is 0 Å². The Labute approximate surface area is 96.8 Å². The van der Waals surface area contributed by atoms with Crippen LogP contribution in [0, 0.1) is 0 Å². The molecule has 0 saturated heterocycles. The average Bonchev–Trinajstić information content (AvgIpc) is 2.25. The Morgan fingerprint density at radius 2 is 1.94 bits per heavy atom. The van der Waals surface area contributed by atoms with Gasteiger partial charge in [0.1, 0.15) is 0 Å². The monoisotopic (exact) mass is 221 g/mol. The van der Waals surface area contributed by atoms with Gasteiger partial charge >= 0.3 is 0 Å². The second kappa shape index (κ2) is 5.12. The number of hydrogen-bond acceptors (Lipinski definition) is 2. The Bertz CT molecular complexity index is 366. The Morgan fingerprint density at radius 3 is 2.50 bits per heavy atom. The van der Waals surface area contributed by atoms with Crippen LogP contribution in [-0.2, 0) is 11.3 Å². The van der Waals surface area contributed by atoms with E-state index in [1.807, 2.05) is 45.9 Å². The molecule has 0 aliphatic rings. The van der Waals surface area contributed by atoms with Crippen molar-refractivity contribution in [1.29, 1.82) is 0 Å². The fraction of sp³-hybridized carbons (Fsp3) is 0.462. The average molecular weight is 221 g/mol. The first-order valence-electron chi connectivity index (χ1n) is 5.50. The van der Waals surface area contributed by atoms with Gasteiger partial charge in [0.25, 0.3) is 5.91 Å². The molecule has 16 heavy (non-hydrogen) atoms. The molecule has 1 rings (SSSR count). The van der Waals surface area contributed by atoms with E-state index < -0.39 is 0 Å². The van der Waals surface area contributed by atoms with Gasteiger partial charge in [-0.3, -0.25) is 9.63 Å². The Morgan fingerprint density at radius 1 is 1.31 bits per heavy atom. The van der Waals surface area contributed by atoms with Crippen molar-refractivity contribution in [3.8, 4) is 0 Å². The van der Waals surface area contributed by atoms with E-state index in [0.717, 1.165) is 12.0 Å². The molecule has 1 aromatic carbocycles. The van der Waals surface area contributed by atoms with Gasteiger partial charge in [-0.25, -0.2) is 5.48 Å². The molecule has 0 bridgehead atoms. The van der Waals surface area contributed by atoms with Gasteiger partial charge in [-0.05, 0) is 38.8 Å². The number of rotatable bonds is 3. The van der Waals surface area contributed by atoms with Gasteiger partial charge < -0.3 is 0 Å². The summed E-state index contributed by atoms with van der Waals surface area (Å²) in [6.07, 6.45) is 0.832. The van der Waals surface area contributed by atoms with Crippen LogP contribution < -0.4 is 5.48 Å². The van der Waals surface area contributed by atoms with E-state index in [0.29, 0.717) is 5.56 Å². The molecule has 88 valence electrons. The molecule has 0 aromatic heterocycles. The number of amides is 1. The highest BCUT2D eigenvalue weighted by Gasteiger charge is 2.15. The quantitative estimate of drug-likeness (QED) is 0.797. The van der Waals surface area contributed by atoms with E-state index in [2.05, 4.69) is 5.48 Å². The van der Waals surface area contributed by atoms with E-state index in [1.165, 1.54) is 0 Å². The maximum atomic E-state index is 11.8. The molecule has 1 N–H and O–H groups in total. The summed E-state index contributed by atoms with van der Waals surface area (Å²) in [5.41, 5.74) is 3.80. The van der Waals surface area contributed by atoms with Crippen LogP contribution in [0.1, 0.15) is 43.6 Å². The van der Waals surface area contributed by atoms with Crippen molar-refractivity contribution in [1.82, 2.24) is 5.48 Å². The minimum Gasteiger partial charge on any atom is -0.268 e. The minimum absolute atomic E-state index is 0.188. The molecule has 0 saturated carbocycles. The van der Waals surface area contributed by atoms with Crippen molar-refractivity contribution in [2.75, 3.05) is 0 Å². The number of benzene rings is 1. The van der Waals surface area contributed by atoms with Gasteiger partial charge in [-0.1, -0.05) is 25.1 Å². The largest absolute Gasteiger partial charge is 0.275 e. The standard InChI is InChI=1S/C13H19NO2/c1-5-10-8-6-7-9-11(10)12(15)14-16-13(2,3)4/h6-9H,5H2,1-4H3,(H,14,15). The molecular weight excluding hydrogens is 202 g/mol. The molecule has 0 heterocycles. The van der Waals surface area contributed by atoms with E-state index in [1.54, 1.807) is 6.07 Å². The third-order valence-corrected chi connectivity index (χ3v) is 2.09. The van der Waals surface area contributed by atoms with Crippen LogP contribution in [0.3, 0.4) is 0 Å². The first-order valence-corrected chi connectivity index (χ1v) is 5.50.